The van der Waals surface area contributed by atoms with Crippen LogP contribution < -0.4 is 5.32 Å². The van der Waals surface area contributed by atoms with Gasteiger partial charge in [-0.15, -0.1) is 0 Å². The molecule has 136 valence electrons. The van der Waals surface area contributed by atoms with Crippen LogP contribution in [-0.4, -0.2) is 39.2 Å². The first-order valence-electron chi connectivity index (χ1n) is 8.87. The van der Waals surface area contributed by atoms with Crippen molar-refractivity contribution < 1.29 is 9.59 Å². The maximum absolute atomic E-state index is 12.9. The molecular weight excluding hydrogens is 408 g/mol. The number of carbonyl (C=O) groups is 2. The molecule has 1 N–H and O–H groups in total. The SMILES string of the molecule is O=C(CN1CC2(CC2)c2cc(Br)ccc2C1=O)Nc1cn2ccccc2n1. The Hall–Kier alpha value is -2.67. The van der Waals surface area contributed by atoms with Gasteiger partial charge in [0.1, 0.15) is 12.2 Å². The minimum Gasteiger partial charge on any atom is -0.328 e. The number of rotatable bonds is 3. The average molecular weight is 425 g/mol. The average Bonchev–Trinajstić information content (AvgIpc) is 3.30. The second kappa shape index (κ2) is 5.92. The van der Waals surface area contributed by atoms with E-state index in [2.05, 4.69) is 26.2 Å². The molecule has 3 aromatic rings. The smallest absolute Gasteiger partial charge is 0.254 e. The Morgan fingerprint density at radius 2 is 2.11 bits per heavy atom. The first kappa shape index (κ1) is 16.5. The second-order valence-corrected chi connectivity index (χ2v) is 8.19. The largest absolute Gasteiger partial charge is 0.328 e. The summed E-state index contributed by atoms with van der Waals surface area (Å²) in [7, 11) is 0. The van der Waals surface area contributed by atoms with Gasteiger partial charge in [-0.3, -0.25) is 9.59 Å². The predicted octanol–water partition coefficient (Wildman–Crippen LogP) is 3.22. The normalized spacial score (nSPS) is 17.2. The fourth-order valence-corrected chi connectivity index (χ4v) is 4.25. The van der Waals surface area contributed by atoms with Crippen LogP contribution in [0.1, 0.15) is 28.8 Å². The third kappa shape index (κ3) is 2.82. The molecule has 2 aliphatic rings. The van der Waals surface area contributed by atoms with E-state index in [0.717, 1.165) is 28.5 Å². The molecular formula is C20H17BrN4O2. The molecule has 1 saturated carbocycles. The molecule has 1 aliphatic carbocycles. The zero-order valence-corrected chi connectivity index (χ0v) is 16.1. The van der Waals surface area contributed by atoms with E-state index in [1.807, 2.05) is 47.0 Å². The topological polar surface area (TPSA) is 66.7 Å². The highest BCUT2D eigenvalue weighted by atomic mass is 79.9. The molecule has 1 spiro atoms. The molecule has 5 rings (SSSR count). The van der Waals surface area contributed by atoms with Gasteiger partial charge in [0.25, 0.3) is 5.91 Å². The van der Waals surface area contributed by atoms with Gasteiger partial charge in [0.2, 0.25) is 5.91 Å². The predicted molar refractivity (Wildman–Crippen MR) is 105 cm³/mol. The van der Waals surface area contributed by atoms with Crippen LogP contribution in [-0.2, 0) is 10.2 Å². The van der Waals surface area contributed by atoms with Crippen molar-refractivity contribution in [3.63, 3.8) is 0 Å². The number of nitrogens with one attached hydrogen (secondary N) is 1. The van der Waals surface area contributed by atoms with Crippen LogP contribution in [0.5, 0.6) is 0 Å². The third-order valence-electron chi connectivity index (χ3n) is 5.38. The fourth-order valence-electron chi connectivity index (χ4n) is 3.89. The molecule has 1 fully saturated rings. The van der Waals surface area contributed by atoms with Gasteiger partial charge in [0.15, 0.2) is 5.82 Å². The van der Waals surface area contributed by atoms with Gasteiger partial charge in [0.05, 0.1) is 6.20 Å². The number of pyridine rings is 1. The second-order valence-electron chi connectivity index (χ2n) is 7.27. The number of hydrogen-bond donors (Lipinski definition) is 1. The van der Waals surface area contributed by atoms with Crippen LogP contribution in [0.15, 0.2) is 53.3 Å². The van der Waals surface area contributed by atoms with Crippen LogP contribution in [0.3, 0.4) is 0 Å². The molecule has 2 aromatic heterocycles. The third-order valence-corrected chi connectivity index (χ3v) is 5.88. The maximum Gasteiger partial charge on any atom is 0.254 e. The summed E-state index contributed by atoms with van der Waals surface area (Å²) in [5.74, 6) is 0.171. The van der Waals surface area contributed by atoms with Gasteiger partial charge in [0, 0.05) is 28.2 Å². The Kier molecular flexibility index (Phi) is 3.62. The molecule has 0 bridgehead atoms. The lowest BCUT2D eigenvalue weighted by Crippen LogP contribution is -2.46. The Bertz CT molecular complexity index is 1050. The number of benzene rings is 1. The van der Waals surface area contributed by atoms with Crippen molar-refractivity contribution in [2.75, 3.05) is 18.4 Å². The lowest BCUT2D eigenvalue weighted by Gasteiger charge is -2.34. The minimum atomic E-state index is -0.233. The van der Waals surface area contributed by atoms with Crippen LogP contribution in [0, 0.1) is 0 Å². The fraction of sp³-hybridized carbons (Fsp3) is 0.250. The summed E-state index contributed by atoms with van der Waals surface area (Å²) >= 11 is 3.50. The molecule has 6 nitrogen and oxygen atoms in total. The zero-order valence-electron chi connectivity index (χ0n) is 14.5. The van der Waals surface area contributed by atoms with E-state index in [9.17, 15) is 9.59 Å². The molecule has 0 unspecified atom stereocenters. The summed E-state index contributed by atoms with van der Waals surface area (Å²) in [6, 6.07) is 11.5. The van der Waals surface area contributed by atoms with E-state index < -0.39 is 0 Å². The number of fused-ring (bicyclic) bond motifs is 3. The van der Waals surface area contributed by atoms with Crippen molar-refractivity contribution in [2.45, 2.75) is 18.3 Å². The van der Waals surface area contributed by atoms with Gasteiger partial charge in [-0.05, 0) is 48.7 Å². The molecule has 2 amide bonds. The number of hydrogen-bond acceptors (Lipinski definition) is 3. The lowest BCUT2D eigenvalue weighted by molar-refractivity contribution is -0.117. The first-order valence-corrected chi connectivity index (χ1v) is 9.66. The molecule has 27 heavy (non-hydrogen) atoms. The highest BCUT2D eigenvalue weighted by molar-refractivity contribution is 9.10. The molecule has 3 heterocycles. The molecule has 0 atom stereocenters. The van der Waals surface area contributed by atoms with E-state index in [0.29, 0.717) is 17.9 Å². The summed E-state index contributed by atoms with van der Waals surface area (Å²) in [6.07, 6.45) is 5.74. The van der Waals surface area contributed by atoms with Crippen LogP contribution in [0.2, 0.25) is 0 Å². The van der Waals surface area contributed by atoms with Gasteiger partial charge < -0.3 is 14.6 Å². The number of imidazole rings is 1. The van der Waals surface area contributed by atoms with E-state index >= 15 is 0 Å². The summed E-state index contributed by atoms with van der Waals surface area (Å²) in [5.41, 5.74) is 2.59. The van der Waals surface area contributed by atoms with Gasteiger partial charge in [-0.2, -0.15) is 0 Å². The standard InChI is InChI=1S/C20H17BrN4O2/c21-13-4-5-14-15(9-13)20(6-7-20)12-25(19(14)27)11-18(26)23-16-10-24-8-2-1-3-17(24)22-16/h1-5,8-10H,6-7,11-12H2,(H,23,26). The van der Waals surface area contributed by atoms with Crippen LogP contribution in [0.25, 0.3) is 5.65 Å². The highest BCUT2D eigenvalue weighted by Gasteiger charge is 2.51. The van der Waals surface area contributed by atoms with Crippen molar-refractivity contribution in [3.05, 3.63) is 64.4 Å². The van der Waals surface area contributed by atoms with Crippen LogP contribution in [0.4, 0.5) is 5.82 Å². The van der Waals surface area contributed by atoms with E-state index in [4.69, 9.17) is 0 Å². The first-order chi connectivity index (χ1) is 13.0. The Morgan fingerprint density at radius 3 is 2.89 bits per heavy atom. The van der Waals surface area contributed by atoms with E-state index in [-0.39, 0.29) is 23.8 Å². The summed E-state index contributed by atoms with van der Waals surface area (Å²) in [4.78, 5) is 31.5. The summed E-state index contributed by atoms with van der Waals surface area (Å²) in [6.45, 7) is 0.623. The monoisotopic (exact) mass is 424 g/mol. The van der Waals surface area contributed by atoms with Crippen molar-refractivity contribution in [3.8, 4) is 0 Å². The molecule has 7 heteroatoms. The zero-order chi connectivity index (χ0) is 18.6. The number of carbonyl (C=O) groups excluding carboxylic acids is 2. The number of halogens is 1. The van der Waals surface area contributed by atoms with Crippen molar-refractivity contribution in [2.24, 2.45) is 0 Å². The highest BCUT2D eigenvalue weighted by Crippen LogP contribution is 2.52. The Morgan fingerprint density at radius 1 is 1.26 bits per heavy atom. The quantitative estimate of drug-likeness (QED) is 0.701. The van der Waals surface area contributed by atoms with E-state index in [1.165, 1.54) is 0 Å². The molecule has 1 aliphatic heterocycles. The minimum absolute atomic E-state index is 0.0103. The van der Waals surface area contributed by atoms with Crippen molar-refractivity contribution in [1.29, 1.82) is 0 Å². The molecule has 0 saturated heterocycles. The van der Waals surface area contributed by atoms with Crippen molar-refractivity contribution in [1.82, 2.24) is 14.3 Å². The maximum atomic E-state index is 12.9. The van der Waals surface area contributed by atoms with Crippen molar-refractivity contribution >= 4 is 39.2 Å². The Labute approximate surface area is 164 Å². The van der Waals surface area contributed by atoms with E-state index in [1.54, 1.807) is 11.1 Å². The van der Waals surface area contributed by atoms with Gasteiger partial charge >= 0.3 is 0 Å². The molecule has 1 aromatic carbocycles. The van der Waals surface area contributed by atoms with Gasteiger partial charge in [-0.25, -0.2) is 4.98 Å². The number of amides is 2. The molecule has 0 radical (unpaired) electrons. The number of aromatic nitrogens is 2. The summed E-state index contributed by atoms with van der Waals surface area (Å²) < 4.78 is 2.83. The van der Waals surface area contributed by atoms with Gasteiger partial charge in [-0.1, -0.05) is 22.0 Å². The summed E-state index contributed by atoms with van der Waals surface area (Å²) in [5, 5.41) is 2.81. The lowest BCUT2D eigenvalue weighted by atomic mass is 9.86. The number of anilines is 1. The number of nitrogens with zero attached hydrogens (tertiary/aromatic N) is 3. The van der Waals surface area contributed by atoms with Crippen LogP contribution >= 0.6 is 15.9 Å². The Balaban J connectivity index is 1.35.